The van der Waals surface area contributed by atoms with Gasteiger partial charge in [-0.1, -0.05) is 39.2 Å². The lowest BCUT2D eigenvalue weighted by Crippen LogP contribution is -2.33. The van der Waals surface area contributed by atoms with E-state index >= 15 is 0 Å². The van der Waals surface area contributed by atoms with Gasteiger partial charge in [-0.25, -0.2) is 15.0 Å². The molecule has 3 heterocycles. The largest absolute Gasteiger partial charge is 0.394 e. The summed E-state index contributed by atoms with van der Waals surface area (Å²) >= 11 is 0. The number of hydrogen-bond acceptors (Lipinski definition) is 9. The van der Waals surface area contributed by atoms with Crippen LogP contribution in [-0.4, -0.2) is 66.3 Å². The monoisotopic (exact) mass is 420 g/mol. The van der Waals surface area contributed by atoms with E-state index in [9.17, 15) is 15.3 Å². The smallest absolute Gasteiger partial charge is 0.207 e. The molecule has 0 spiro atoms. The number of hydrogen-bond donors (Lipinski definition) is 5. The number of fused-ring (bicyclic) bond motifs is 1. The number of nitrogens with zero attached hydrogens (tertiary/aromatic N) is 4. The molecule has 0 saturated carbocycles. The Morgan fingerprint density at radius 1 is 1.13 bits per heavy atom. The molecule has 166 valence electrons. The Kier molecular flexibility index (Phi) is 7.59. The molecule has 0 aliphatic carbocycles. The van der Waals surface area contributed by atoms with Crippen LogP contribution in [0.4, 0.5) is 11.8 Å². The average Bonchev–Trinajstić information content (AvgIpc) is 3.23. The zero-order valence-corrected chi connectivity index (χ0v) is 17.5. The zero-order valence-electron chi connectivity index (χ0n) is 17.5. The maximum Gasteiger partial charge on any atom is 0.207 e. The summed E-state index contributed by atoms with van der Waals surface area (Å²) in [6, 6.07) is 0. The number of allylic oxidation sites excluding steroid dienone is 1. The van der Waals surface area contributed by atoms with Gasteiger partial charge in [0.1, 0.15) is 18.3 Å². The topological polar surface area (TPSA) is 152 Å². The van der Waals surface area contributed by atoms with Gasteiger partial charge in [0.05, 0.1) is 6.61 Å². The van der Waals surface area contributed by atoms with E-state index in [-0.39, 0.29) is 5.82 Å². The highest BCUT2D eigenvalue weighted by molar-refractivity contribution is 5.85. The van der Waals surface area contributed by atoms with Crippen molar-refractivity contribution < 1.29 is 20.1 Å². The predicted molar refractivity (Wildman–Crippen MR) is 115 cm³/mol. The second kappa shape index (κ2) is 10.2. The summed E-state index contributed by atoms with van der Waals surface area (Å²) in [5, 5.41) is 33.5. The summed E-state index contributed by atoms with van der Waals surface area (Å²) in [4.78, 5) is 13.4. The van der Waals surface area contributed by atoms with Crippen molar-refractivity contribution in [2.45, 2.75) is 70.5 Å². The molecule has 1 aliphatic heterocycles. The van der Waals surface area contributed by atoms with Gasteiger partial charge in [0, 0.05) is 6.54 Å². The Hall–Kier alpha value is -2.27. The molecule has 0 radical (unpaired) electrons. The number of aliphatic hydroxyl groups is 3. The van der Waals surface area contributed by atoms with E-state index in [0.717, 1.165) is 32.1 Å². The number of unbranched alkanes of at least 4 members (excludes halogenated alkanes) is 3. The molecule has 0 bridgehead atoms. The summed E-state index contributed by atoms with van der Waals surface area (Å²) in [7, 11) is 0. The highest BCUT2D eigenvalue weighted by Crippen LogP contribution is 2.35. The van der Waals surface area contributed by atoms with E-state index in [2.05, 4.69) is 34.1 Å². The molecule has 10 heteroatoms. The van der Waals surface area contributed by atoms with E-state index < -0.39 is 31.1 Å². The van der Waals surface area contributed by atoms with Crippen molar-refractivity contribution in [3.8, 4) is 0 Å². The minimum absolute atomic E-state index is 0.221. The number of anilines is 2. The molecule has 10 nitrogen and oxygen atoms in total. The predicted octanol–water partition coefficient (Wildman–Crippen LogP) is 1.44. The lowest BCUT2D eigenvalue weighted by Gasteiger charge is -2.19. The van der Waals surface area contributed by atoms with Crippen LogP contribution in [0.1, 0.15) is 58.0 Å². The van der Waals surface area contributed by atoms with Gasteiger partial charge in [-0.05, 0) is 18.9 Å². The first kappa shape index (κ1) is 22.4. The molecule has 1 fully saturated rings. The Bertz CT molecular complexity index is 871. The standard InChI is InChI=1S/C20H32N6O4/c1-3-5-7-8-9-13-23-17(21)14-18(24-13)26(20(25-14)22-10-6-4-2)19-16(29)15(28)12(11-27)30-19/h8-9,12,15-16,19,27-29H,3-7,10-11H2,1-2H3,(H,22,25)(H2,21,23,24)/t12-,15?,16?,19-/m1/s1. The van der Waals surface area contributed by atoms with Crippen molar-refractivity contribution in [3.05, 3.63) is 11.9 Å². The number of aliphatic hydroxyl groups excluding tert-OH is 3. The summed E-state index contributed by atoms with van der Waals surface area (Å²) in [6.07, 6.45) is 4.44. The van der Waals surface area contributed by atoms with E-state index in [1.165, 1.54) is 0 Å². The van der Waals surface area contributed by atoms with Crippen LogP contribution in [0.15, 0.2) is 6.08 Å². The average molecular weight is 421 g/mol. The van der Waals surface area contributed by atoms with Crippen LogP contribution in [0.3, 0.4) is 0 Å². The molecular formula is C20H32N6O4. The number of ether oxygens (including phenoxy) is 1. The second-order valence-electron chi connectivity index (χ2n) is 7.50. The third-order valence-electron chi connectivity index (χ3n) is 5.16. The Morgan fingerprint density at radius 3 is 2.57 bits per heavy atom. The fourth-order valence-electron chi connectivity index (χ4n) is 3.43. The fraction of sp³-hybridized carbons (Fsp3) is 0.650. The SMILES string of the molecule is CCCCC=Cc1nc(N)c2nc(NCCCC)n([C@@H]3O[C@H](CO)C(O)C3O)c2n1. The third kappa shape index (κ3) is 4.56. The summed E-state index contributed by atoms with van der Waals surface area (Å²) in [5.74, 6) is 1.07. The summed E-state index contributed by atoms with van der Waals surface area (Å²) in [5.41, 5.74) is 6.94. The van der Waals surface area contributed by atoms with E-state index in [1.807, 2.05) is 12.2 Å². The number of nitrogens with one attached hydrogen (secondary N) is 1. The van der Waals surface area contributed by atoms with Crippen molar-refractivity contribution in [1.29, 1.82) is 0 Å². The van der Waals surface area contributed by atoms with Crippen LogP contribution in [0.2, 0.25) is 0 Å². The van der Waals surface area contributed by atoms with E-state index in [1.54, 1.807) is 4.57 Å². The van der Waals surface area contributed by atoms with Gasteiger partial charge >= 0.3 is 0 Å². The molecule has 0 aromatic carbocycles. The van der Waals surface area contributed by atoms with E-state index in [4.69, 9.17) is 10.5 Å². The minimum Gasteiger partial charge on any atom is -0.394 e. The Balaban J connectivity index is 2.05. The quantitative estimate of drug-likeness (QED) is 0.359. The van der Waals surface area contributed by atoms with Crippen LogP contribution < -0.4 is 11.1 Å². The molecule has 30 heavy (non-hydrogen) atoms. The Morgan fingerprint density at radius 2 is 1.90 bits per heavy atom. The normalized spacial score (nSPS) is 24.3. The molecule has 2 aromatic rings. The molecule has 2 aromatic heterocycles. The van der Waals surface area contributed by atoms with Crippen LogP contribution in [-0.2, 0) is 4.74 Å². The van der Waals surface area contributed by atoms with Gasteiger partial charge in [0.25, 0.3) is 0 Å². The number of nitrogens with two attached hydrogens (primary N) is 1. The van der Waals surface area contributed by atoms with Gasteiger partial charge in [-0.3, -0.25) is 4.57 Å². The lowest BCUT2D eigenvalue weighted by atomic mass is 10.1. The van der Waals surface area contributed by atoms with Crippen molar-refractivity contribution in [1.82, 2.24) is 19.5 Å². The van der Waals surface area contributed by atoms with Crippen LogP contribution >= 0.6 is 0 Å². The van der Waals surface area contributed by atoms with Crippen LogP contribution in [0.25, 0.3) is 17.2 Å². The molecule has 0 amide bonds. The second-order valence-corrected chi connectivity index (χ2v) is 7.50. The first-order valence-electron chi connectivity index (χ1n) is 10.6. The van der Waals surface area contributed by atoms with E-state index in [0.29, 0.717) is 29.5 Å². The van der Waals surface area contributed by atoms with Gasteiger partial charge in [0.2, 0.25) is 5.95 Å². The van der Waals surface area contributed by atoms with Gasteiger partial charge in [-0.15, -0.1) is 0 Å². The maximum atomic E-state index is 10.6. The molecule has 4 atom stereocenters. The number of nitrogen functional groups attached to an aromatic ring is 1. The molecule has 3 rings (SSSR count). The molecule has 6 N–H and O–H groups in total. The van der Waals surface area contributed by atoms with Crippen molar-refractivity contribution in [2.24, 2.45) is 0 Å². The van der Waals surface area contributed by atoms with Crippen molar-refractivity contribution >= 4 is 29.0 Å². The number of aromatic nitrogens is 4. The molecule has 1 aliphatic rings. The van der Waals surface area contributed by atoms with Gasteiger partial charge < -0.3 is 31.1 Å². The Labute approximate surface area is 175 Å². The van der Waals surface area contributed by atoms with Crippen LogP contribution in [0, 0.1) is 0 Å². The first-order valence-corrected chi connectivity index (χ1v) is 10.6. The number of imidazole rings is 1. The van der Waals surface area contributed by atoms with Crippen molar-refractivity contribution in [3.63, 3.8) is 0 Å². The summed E-state index contributed by atoms with van der Waals surface area (Å²) < 4.78 is 7.33. The fourth-order valence-corrected chi connectivity index (χ4v) is 3.43. The molecule has 1 saturated heterocycles. The van der Waals surface area contributed by atoms with Gasteiger partial charge in [-0.2, -0.15) is 0 Å². The highest BCUT2D eigenvalue weighted by atomic mass is 16.6. The van der Waals surface area contributed by atoms with Gasteiger partial charge in [0.15, 0.2) is 29.0 Å². The summed E-state index contributed by atoms with van der Waals surface area (Å²) in [6.45, 7) is 4.45. The lowest BCUT2D eigenvalue weighted by molar-refractivity contribution is -0.0501. The zero-order chi connectivity index (χ0) is 21.7. The highest BCUT2D eigenvalue weighted by Gasteiger charge is 2.45. The van der Waals surface area contributed by atoms with Crippen LogP contribution in [0.5, 0.6) is 0 Å². The maximum absolute atomic E-state index is 10.6. The van der Waals surface area contributed by atoms with Crippen molar-refractivity contribution in [2.75, 3.05) is 24.2 Å². The molecule has 2 unspecified atom stereocenters. The first-order chi connectivity index (χ1) is 14.5. The minimum atomic E-state index is -1.26. The number of rotatable bonds is 10. The third-order valence-corrected chi connectivity index (χ3v) is 5.16. The molecular weight excluding hydrogens is 388 g/mol.